The number of Topliss-reactive ketones (excluding diaryl/α,β-unsaturated/α-hetero) is 2. The Labute approximate surface area is 213 Å². The molecule has 0 spiro atoms. The number of ketones is 2. The molecule has 0 aliphatic heterocycles. The van der Waals surface area contributed by atoms with E-state index in [4.69, 9.17) is 11.5 Å². The number of phenols is 1. The lowest BCUT2D eigenvalue weighted by molar-refractivity contribution is -0.169. The summed E-state index contributed by atoms with van der Waals surface area (Å²) in [6.07, 6.45) is -1.63. The minimum absolute atomic E-state index is 0.0463. The van der Waals surface area contributed by atoms with E-state index in [-0.39, 0.29) is 17.9 Å². The third-order valence-corrected chi connectivity index (χ3v) is 8.37. The van der Waals surface area contributed by atoms with Gasteiger partial charge in [-0.25, -0.2) is 0 Å². The minimum atomic E-state index is -2.94. The van der Waals surface area contributed by atoms with E-state index in [1.54, 1.807) is 32.9 Å². The third-order valence-electron chi connectivity index (χ3n) is 8.37. The summed E-state index contributed by atoms with van der Waals surface area (Å²) in [5, 5.41) is 56.8. The smallest absolute Gasteiger partial charge is 0.255 e. The van der Waals surface area contributed by atoms with Crippen LogP contribution in [0, 0.1) is 11.8 Å². The predicted octanol–water partition coefficient (Wildman–Crippen LogP) is -0.268. The van der Waals surface area contributed by atoms with Crippen LogP contribution in [0.2, 0.25) is 0 Å². The average molecular weight is 516 g/mol. The Balaban J connectivity index is 2.05. The van der Waals surface area contributed by atoms with Crippen LogP contribution < -0.4 is 11.5 Å². The molecular formula is C26H33N3O8. The number of phenolic OH excluding ortho intramolecular Hbond substituents is 1. The molecule has 1 aromatic carbocycles. The number of primary amides is 1. The lowest BCUT2D eigenvalue weighted by atomic mass is 9.54. The molecule has 11 nitrogen and oxygen atoms in total. The highest BCUT2D eigenvalue weighted by atomic mass is 16.4. The van der Waals surface area contributed by atoms with Crippen LogP contribution in [0.3, 0.4) is 0 Å². The standard InChI is InChI=1S/C26H33N3O8/c1-9-10-6-7-11(25(2,3)8-27)18(30)13(10)19(31)14-12(9)20(32)16-17(29(4)5)21(33)15(24(28)36)23(35)26(16,37)22(14)34/h6-7,9,12,16-17,20,30-32,35,37H,8,27H2,1-5H3,(H2,28,36)/t9-,12+,16+,17-,20-,26-/m0/s1. The molecule has 3 aliphatic rings. The fourth-order valence-electron chi connectivity index (χ4n) is 6.27. The number of hydrogen-bond donors (Lipinski definition) is 7. The quantitative estimate of drug-likeness (QED) is 0.261. The second kappa shape index (κ2) is 8.38. The molecule has 37 heavy (non-hydrogen) atoms. The van der Waals surface area contributed by atoms with Crippen molar-refractivity contribution in [3.05, 3.63) is 45.7 Å². The van der Waals surface area contributed by atoms with Gasteiger partial charge in [0.15, 0.2) is 11.4 Å². The van der Waals surface area contributed by atoms with Gasteiger partial charge in [-0.15, -0.1) is 0 Å². The van der Waals surface area contributed by atoms with Gasteiger partial charge in [-0.2, -0.15) is 0 Å². The Morgan fingerprint density at radius 3 is 2.27 bits per heavy atom. The van der Waals surface area contributed by atoms with Crippen molar-refractivity contribution in [1.29, 1.82) is 0 Å². The highest BCUT2D eigenvalue weighted by Crippen LogP contribution is 2.56. The van der Waals surface area contributed by atoms with Gasteiger partial charge < -0.3 is 37.0 Å². The van der Waals surface area contributed by atoms with Gasteiger partial charge in [-0.3, -0.25) is 19.3 Å². The van der Waals surface area contributed by atoms with Crippen LogP contribution in [-0.4, -0.2) is 86.3 Å². The van der Waals surface area contributed by atoms with Gasteiger partial charge in [-0.05, 0) is 25.6 Å². The maximum atomic E-state index is 14.0. The number of nitrogens with two attached hydrogens (primary N) is 2. The van der Waals surface area contributed by atoms with Crippen molar-refractivity contribution >= 4 is 23.2 Å². The summed E-state index contributed by atoms with van der Waals surface area (Å²) in [5.74, 6) is -9.07. The van der Waals surface area contributed by atoms with E-state index in [1.165, 1.54) is 19.0 Å². The molecule has 1 aromatic rings. The van der Waals surface area contributed by atoms with E-state index in [0.29, 0.717) is 11.1 Å². The highest BCUT2D eigenvalue weighted by molar-refractivity contribution is 6.24. The van der Waals surface area contributed by atoms with Crippen LogP contribution in [-0.2, 0) is 19.8 Å². The number of amides is 1. The lowest BCUT2D eigenvalue weighted by Crippen LogP contribution is -2.70. The Morgan fingerprint density at radius 2 is 1.76 bits per heavy atom. The Bertz CT molecular complexity index is 1300. The summed E-state index contributed by atoms with van der Waals surface area (Å²) in [4.78, 5) is 40.6. The topological polar surface area (TPSA) is 208 Å². The first-order valence-electron chi connectivity index (χ1n) is 11.9. The summed E-state index contributed by atoms with van der Waals surface area (Å²) in [5.41, 5.74) is 7.01. The maximum Gasteiger partial charge on any atom is 0.255 e. The second-order valence-electron chi connectivity index (χ2n) is 11.1. The van der Waals surface area contributed by atoms with Gasteiger partial charge in [-0.1, -0.05) is 32.9 Å². The van der Waals surface area contributed by atoms with E-state index in [9.17, 15) is 39.9 Å². The molecule has 3 aliphatic carbocycles. The summed E-state index contributed by atoms with van der Waals surface area (Å²) < 4.78 is 0. The van der Waals surface area contributed by atoms with E-state index in [0.717, 1.165) is 0 Å². The molecule has 0 unspecified atom stereocenters. The molecule has 6 atom stereocenters. The fraction of sp³-hybridized carbons (Fsp3) is 0.500. The zero-order valence-electron chi connectivity index (χ0n) is 21.3. The van der Waals surface area contributed by atoms with Crippen LogP contribution in [0.1, 0.15) is 43.4 Å². The van der Waals surface area contributed by atoms with E-state index < -0.39 is 81.1 Å². The highest BCUT2D eigenvalue weighted by Gasteiger charge is 2.68. The number of hydrogen-bond acceptors (Lipinski definition) is 10. The number of aromatic hydroxyl groups is 1. The zero-order valence-corrected chi connectivity index (χ0v) is 21.3. The monoisotopic (exact) mass is 515 g/mol. The lowest BCUT2D eigenvalue weighted by Gasteiger charge is -2.53. The molecular weight excluding hydrogens is 482 g/mol. The Morgan fingerprint density at radius 1 is 1.16 bits per heavy atom. The summed E-state index contributed by atoms with van der Waals surface area (Å²) in [6.45, 7) is 5.45. The molecule has 200 valence electrons. The predicted molar refractivity (Wildman–Crippen MR) is 132 cm³/mol. The van der Waals surface area contributed by atoms with E-state index in [1.807, 2.05) is 0 Å². The number of rotatable bonds is 4. The largest absolute Gasteiger partial charge is 0.508 e. The van der Waals surface area contributed by atoms with Crippen molar-refractivity contribution in [3.63, 3.8) is 0 Å². The summed E-state index contributed by atoms with van der Waals surface area (Å²) in [6, 6.07) is 1.96. The first kappa shape index (κ1) is 26.8. The van der Waals surface area contributed by atoms with Crippen LogP contribution in [0.5, 0.6) is 5.75 Å². The normalized spacial score (nSPS) is 31.9. The second-order valence-corrected chi connectivity index (χ2v) is 11.1. The number of fused-ring (bicyclic) bond motifs is 3. The van der Waals surface area contributed by atoms with Gasteiger partial charge >= 0.3 is 0 Å². The summed E-state index contributed by atoms with van der Waals surface area (Å²) in [7, 11) is 2.92. The van der Waals surface area contributed by atoms with Crippen molar-refractivity contribution in [1.82, 2.24) is 4.90 Å². The SMILES string of the molecule is C[C@H]1c2ccc(C(C)(C)CN)c(O)c2C(O)=C2C(=O)[C@]3(O)C(O)=C(C(N)=O)C(=O)[C@@H](N(C)C)[C@@H]3[C@@H](O)[C@@H]21. The fourth-order valence-corrected chi connectivity index (χ4v) is 6.27. The van der Waals surface area contributed by atoms with Gasteiger partial charge in [0.2, 0.25) is 5.78 Å². The number of aliphatic hydroxyl groups excluding tert-OH is 3. The Hall–Kier alpha value is -3.25. The molecule has 0 bridgehead atoms. The van der Waals surface area contributed by atoms with E-state index >= 15 is 0 Å². The van der Waals surface area contributed by atoms with Crippen molar-refractivity contribution < 1.29 is 39.9 Å². The third kappa shape index (κ3) is 3.31. The first-order valence-corrected chi connectivity index (χ1v) is 11.9. The Kier molecular flexibility index (Phi) is 6.07. The summed E-state index contributed by atoms with van der Waals surface area (Å²) >= 11 is 0. The van der Waals surface area contributed by atoms with Crippen molar-refractivity contribution in [2.24, 2.45) is 23.3 Å². The molecule has 4 rings (SSSR count). The van der Waals surface area contributed by atoms with Crippen LogP contribution in [0.15, 0.2) is 29.0 Å². The zero-order chi connectivity index (χ0) is 27.9. The van der Waals surface area contributed by atoms with E-state index in [2.05, 4.69) is 0 Å². The minimum Gasteiger partial charge on any atom is -0.508 e. The number of carbonyl (C=O) groups excluding carboxylic acids is 3. The first-order chi connectivity index (χ1) is 17.0. The van der Waals surface area contributed by atoms with Crippen molar-refractivity contribution in [3.8, 4) is 5.75 Å². The van der Waals surface area contributed by atoms with Crippen molar-refractivity contribution in [2.75, 3.05) is 20.6 Å². The number of aliphatic hydroxyl groups is 4. The average Bonchev–Trinajstić information content (AvgIpc) is 2.80. The molecule has 0 radical (unpaired) electrons. The number of nitrogens with zero attached hydrogens (tertiary/aromatic N) is 1. The molecule has 0 saturated heterocycles. The molecule has 11 heteroatoms. The maximum absolute atomic E-state index is 14.0. The molecule has 0 aromatic heterocycles. The van der Waals surface area contributed by atoms with Gasteiger partial charge in [0.05, 0.1) is 23.6 Å². The number of likely N-dealkylation sites (N-methyl/N-ethyl adjacent to an activating group) is 1. The molecule has 1 saturated carbocycles. The molecule has 0 heterocycles. The number of carbonyl (C=O) groups is 3. The van der Waals surface area contributed by atoms with Gasteiger partial charge in [0, 0.05) is 29.0 Å². The van der Waals surface area contributed by atoms with Gasteiger partial charge in [0.1, 0.15) is 22.8 Å². The number of benzene rings is 1. The van der Waals surface area contributed by atoms with Crippen LogP contribution >= 0.6 is 0 Å². The molecule has 1 amide bonds. The molecule has 9 N–H and O–H groups in total. The van der Waals surface area contributed by atoms with Gasteiger partial charge in [0.25, 0.3) is 5.91 Å². The van der Waals surface area contributed by atoms with Crippen molar-refractivity contribution in [2.45, 2.75) is 49.9 Å². The van der Waals surface area contributed by atoms with Crippen LogP contribution in [0.25, 0.3) is 5.76 Å². The van der Waals surface area contributed by atoms with Crippen LogP contribution in [0.4, 0.5) is 0 Å². The molecule has 1 fully saturated rings.